The van der Waals surface area contributed by atoms with Crippen molar-refractivity contribution < 1.29 is 0 Å². The second-order valence-corrected chi connectivity index (χ2v) is 7.49. The Balaban J connectivity index is 1.66. The molecule has 4 unspecified atom stereocenters. The van der Waals surface area contributed by atoms with Crippen LogP contribution in [0.1, 0.15) is 62.5 Å². The maximum Gasteiger partial charge on any atom is 0.00202 e. The largest absolute Gasteiger partial charge is 0.316 e. The van der Waals surface area contributed by atoms with Crippen molar-refractivity contribution in [2.24, 2.45) is 17.8 Å². The highest BCUT2D eigenvalue weighted by molar-refractivity contribution is 5.26. The Hall–Kier alpha value is -0.820. The van der Waals surface area contributed by atoms with Crippen LogP contribution >= 0.6 is 0 Å². The van der Waals surface area contributed by atoms with Crippen LogP contribution in [0.4, 0.5) is 0 Å². The first kappa shape index (κ1) is 15.1. The van der Waals surface area contributed by atoms with Crippen molar-refractivity contribution in [2.45, 2.75) is 58.3 Å². The van der Waals surface area contributed by atoms with E-state index in [-0.39, 0.29) is 0 Å². The molecule has 0 spiro atoms. The normalized spacial score (nSPS) is 29.0. The molecule has 1 nitrogen and oxygen atoms in total. The van der Waals surface area contributed by atoms with Crippen molar-refractivity contribution in [1.82, 2.24) is 5.32 Å². The van der Waals surface area contributed by atoms with Crippen molar-refractivity contribution in [3.63, 3.8) is 0 Å². The first-order chi connectivity index (χ1) is 10.3. The van der Waals surface area contributed by atoms with E-state index in [1.165, 1.54) is 44.1 Å². The molecule has 1 heteroatoms. The Labute approximate surface area is 130 Å². The topological polar surface area (TPSA) is 12.0 Å². The Bertz CT molecular complexity index is 453. The third-order valence-electron chi connectivity index (χ3n) is 5.80. The predicted molar refractivity (Wildman–Crippen MR) is 90.6 cm³/mol. The zero-order chi connectivity index (χ0) is 14.7. The Morgan fingerprint density at radius 2 is 2.14 bits per heavy atom. The SMILES string of the molecule is CCCNCC(CC1CC2CCC1C2)c1cccc(C)c1. The Morgan fingerprint density at radius 1 is 1.24 bits per heavy atom. The zero-order valence-electron chi connectivity index (χ0n) is 13.8. The lowest BCUT2D eigenvalue weighted by atomic mass is 9.80. The number of hydrogen-bond acceptors (Lipinski definition) is 1. The standard InChI is InChI=1S/C20H31N/c1-3-9-21-14-20(17-6-4-5-15(2)10-17)13-19-12-16-7-8-18(19)11-16/h4-6,10,16,18-21H,3,7-9,11-14H2,1-2H3. The van der Waals surface area contributed by atoms with Gasteiger partial charge in [-0.1, -0.05) is 43.2 Å². The molecule has 0 aromatic heterocycles. The molecule has 21 heavy (non-hydrogen) atoms. The third kappa shape index (κ3) is 3.69. The lowest BCUT2D eigenvalue weighted by Gasteiger charge is -2.27. The van der Waals surface area contributed by atoms with Crippen molar-refractivity contribution in [3.05, 3.63) is 35.4 Å². The Kier molecular flexibility index (Phi) is 5.00. The number of hydrogen-bond donors (Lipinski definition) is 1. The molecule has 0 heterocycles. The second kappa shape index (κ2) is 6.96. The highest BCUT2D eigenvalue weighted by Crippen LogP contribution is 2.51. The van der Waals surface area contributed by atoms with Crippen LogP contribution in [0.3, 0.4) is 0 Å². The van der Waals surface area contributed by atoms with E-state index in [1.807, 2.05) is 0 Å². The molecule has 1 aromatic rings. The quantitative estimate of drug-likeness (QED) is 0.702. The van der Waals surface area contributed by atoms with E-state index >= 15 is 0 Å². The van der Waals surface area contributed by atoms with Gasteiger partial charge in [-0.05, 0) is 74.8 Å². The van der Waals surface area contributed by atoms with E-state index in [0.717, 1.165) is 30.8 Å². The molecule has 116 valence electrons. The zero-order valence-corrected chi connectivity index (χ0v) is 13.8. The van der Waals surface area contributed by atoms with Gasteiger partial charge in [0.25, 0.3) is 0 Å². The Morgan fingerprint density at radius 3 is 2.81 bits per heavy atom. The van der Waals surface area contributed by atoms with Crippen LogP contribution in [-0.4, -0.2) is 13.1 Å². The highest BCUT2D eigenvalue weighted by Gasteiger charge is 2.40. The summed E-state index contributed by atoms with van der Waals surface area (Å²) in [4.78, 5) is 0. The van der Waals surface area contributed by atoms with Crippen molar-refractivity contribution in [3.8, 4) is 0 Å². The monoisotopic (exact) mass is 285 g/mol. The van der Waals surface area contributed by atoms with E-state index in [0.29, 0.717) is 5.92 Å². The molecule has 2 aliphatic rings. The number of aryl methyl sites for hydroxylation is 1. The second-order valence-electron chi connectivity index (χ2n) is 7.49. The number of rotatable bonds is 7. The number of nitrogens with one attached hydrogen (secondary N) is 1. The summed E-state index contributed by atoms with van der Waals surface area (Å²) < 4.78 is 0. The molecule has 1 N–H and O–H groups in total. The number of benzene rings is 1. The van der Waals surface area contributed by atoms with Gasteiger partial charge in [0.05, 0.1) is 0 Å². The molecule has 0 aliphatic heterocycles. The molecule has 0 radical (unpaired) electrons. The van der Waals surface area contributed by atoms with E-state index in [2.05, 4.69) is 43.4 Å². The van der Waals surface area contributed by atoms with Gasteiger partial charge < -0.3 is 5.32 Å². The first-order valence-corrected chi connectivity index (χ1v) is 9.03. The smallest absolute Gasteiger partial charge is 0.00202 e. The van der Waals surface area contributed by atoms with Gasteiger partial charge in [0.1, 0.15) is 0 Å². The van der Waals surface area contributed by atoms with Crippen LogP contribution in [0.2, 0.25) is 0 Å². The fourth-order valence-corrected chi connectivity index (χ4v) is 4.74. The van der Waals surface area contributed by atoms with Crippen molar-refractivity contribution in [2.75, 3.05) is 13.1 Å². The molecule has 2 saturated carbocycles. The summed E-state index contributed by atoms with van der Waals surface area (Å²) in [5.41, 5.74) is 2.96. The summed E-state index contributed by atoms with van der Waals surface area (Å²) in [6.45, 7) is 6.78. The summed E-state index contributed by atoms with van der Waals surface area (Å²) in [7, 11) is 0. The van der Waals surface area contributed by atoms with Crippen LogP contribution in [0.5, 0.6) is 0 Å². The van der Waals surface area contributed by atoms with Gasteiger partial charge in [0.2, 0.25) is 0 Å². The minimum Gasteiger partial charge on any atom is -0.316 e. The summed E-state index contributed by atoms with van der Waals surface area (Å²) in [5.74, 6) is 3.83. The minimum absolute atomic E-state index is 0.709. The predicted octanol–water partition coefficient (Wildman–Crippen LogP) is 4.90. The molecule has 3 rings (SSSR count). The van der Waals surface area contributed by atoms with Crippen molar-refractivity contribution >= 4 is 0 Å². The van der Waals surface area contributed by atoms with Crippen molar-refractivity contribution in [1.29, 1.82) is 0 Å². The fourth-order valence-electron chi connectivity index (χ4n) is 4.74. The summed E-state index contributed by atoms with van der Waals surface area (Å²) in [6.07, 6.45) is 8.72. The van der Waals surface area contributed by atoms with E-state index in [9.17, 15) is 0 Å². The molecule has 2 bridgehead atoms. The molecular formula is C20H31N. The van der Waals surface area contributed by atoms with Crippen LogP contribution in [-0.2, 0) is 0 Å². The van der Waals surface area contributed by atoms with E-state index < -0.39 is 0 Å². The van der Waals surface area contributed by atoms with Crippen LogP contribution in [0, 0.1) is 24.7 Å². The van der Waals surface area contributed by atoms with Gasteiger partial charge in [0.15, 0.2) is 0 Å². The minimum atomic E-state index is 0.709. The lowest BCUT2D eigenvalue weighted by molar-refractivity contribution is 0.291. The average molecular weight is 285 g/mol. The molecular weight excluding hydrogens is 254 g/mol. The van der Waals surface area contributed by atoms with Crippen LogP contribution in [0.25, 0.3) is 0 Å². The van der Waals surface area contributed by atoms with Crippen LogP contribution in [0.15, 0.2) is 24.3 Å². The maximum absolute atomic E-state index is 3.67. The van der Waals surface area contributed by atoms with Gasteiger partial charge >= 0.3 is 0 Å². The molecule has 4 atom stereocenters. The first-order valence-electron chi connectivity index (χ1n) is 9.03. The summed E-state index contributed by atoms with van der Waals surface area (Å²) >= 11 is 0. The molecule has 2 fully saturated rings. The van der Waals surface area contributed by atoms with E-state index in [4.69, 9.17) is 0 Å². The van der Waals surface area contributed by atoms with Gasteiger partial charge in [-0.3, -0.25) is 0 Å². The third-order valence-corrected chi connectivity index (χ3v) is 5.80. The fraction of sp³-hybridized carbons (Fsp3) is 0.700. The van der Waals surface area contributed by atoms with Gasteiger partial charge in [0, 0.05) is 6.54 Å². The summed E-state index contributed by atoms with van der Waals surface area (Å²) in [5, 5.41) is 3.67. The van der Waals surface area contributed by atoms with E-state index in [1.54, 1.807) is 5.56 Å². The van der Waals surface area contributed by atoms with Crippen LogP contribution < -0.4 is 5.32 Å². The molecule has 0 saturated heterocycles. The lowest BCUT2D eigenvalue weighted by Crippen LogP contribution is -2.25. The maximum atomic E-state index is 3.67. The van der Waals surface area contributed by atoms with Gasteiger partial charge in [-0.25, -0.2) is 0 Å². The molecule has 1 aromatic carbocycles. The van der Waals surface area contributed by atoms with Gasteiger partial charge in [-0.2, -0.15) is 0 Å². The molecule has 2 aliphatic carbocycles. The van der Waals surface area contributed by atoms with Gasteiger partial charge in [-0.15, -0.1) is 0 Å². The summed E-state index contributed by atoms with van der Waals surface area (Å²) in [6, 6.07) is 9.21. The molecule has 0 amide bonds. The average Bonchev–Trinajstić information content (AvgIpc) is 3.09. The highest BCUT2D eigenvalue weighted by atomic mass is 14.9. The number of fused-ring (bicyclic) bond motifs is 2.